The van der Waals surface area contributed by atoms with Gasteiger partial charge in [-0.05, 0) is 42.8 Å². The monoisotopic (exact) mass is 403 g/mol. The lowest BCUT2D eigenvalue weighted by Gasteiger charge is -2.15. The molecule has 2 aromatic rings. The average Bonchev–Trinajstić information content (AvgIpc) is 3.31. The molecule has 2 N–H and O–H groups in total. The topological polar surface area (TPSA) is 91.7 Å². The third-order valence-electron chi connectivity index (χ3n) is 4.52. The van der Waals surface area contributed by atoms with Gasteiger partial charge in [-0.25, -0.2) is 0 Å². The molecule has 1 aliphatic rings. The van der Waals surface area contributed by atoms with Gasteiger partial charge in [0, 0.05) is 36.6 Å². The maximum absolute atomic E-state index is 12.3. The third kappa shape index (κ3) is 5.60. The highest BCUT2D eigenvalue weighted by atomic mass is 35.5. The van der Waals surface area contributed by atoms with Crippen molar-refractivity contribution >= 4 is 35.0 Å². The van der Waals surface area contributed by atoms with Crippen molar-refractivity contribution in [1.29, 1.82) is 0 Å². The molecule has 8 heteroatoms. The molecule has 0 radical (unpaired) electrons. The van der Waals surface area contributed by atoms with E-state index in [-0.39, 0.29) is 36.5 Å². The summed E-state index contributed by atoms with van der Waals surface area (Å²) in [6.45, 7) is 1.14. The summed E-state index contributed by atoms with van der Waals surface area (Å²) in [6.07, 6.45) is 2.56. The Hall–Kier alpha value is -2.80. The summed E-state index contributed by atoms with van der Waals surface area (Å²) < 4.78 is 5.25. The van der Waals surface area contributed by atoms with Crippen LogP contribution < -0.4 is 10.6 Å². The zero-order valence-corrected chi connectivity index (χ0v) is 16.1. The molecule has 2 heterocycles. The van der Waals surface area contributed by atoms with Crippen LogP contribution in [-0.4, -0.2) is 35.7 Å². The van der Waals surface area contributed by atoms with Crippen molar-refractivity contribution in [2.75, 3.05) is 18.4 Å². The summed E-state index contributed by atoms with van der Waals surface area (Å²) in [5.74, 6) is -0.0176. The summed E-state index contributed by atoms with van der Waals surface area (Å²) in [5, 5.41) is 6.19. The quantitative estimate of drug-likeness (QED) is 0.663. The van der Waals surface area contributed by atoms with Crippen LogP contribution in [0.5, 0.6) is 0 Å². The first-order valence-corrected chi connectivity index (χ1v) is 9.52. The number of benzene rings is 1. The first-order chi connectivity index (χ1) is 13.5. The fourth-order valence-electron chi connectivity index (χ4n) is 3.05. The molecule has 1 atom stereocenters. The lowest BCUT2D eigenvalue weighted by Crippen LogP contribution is -2.33. The zero-order chi connectivity index (χ0) is 19.9. The number of nitrogens with one attached hydrogen (secondary N) is 2. The highest BCUT2D eigenvalue weighted by Gasteiger charge is 2.34. The highest BCUT2D eigenvalue weighted by Crippen LogP contribution is 2.20. The van der Waals surface area contributed by atoms with Crippen LogP contribution >= 0.6 is 11.6 Å². The molecule has 148 valence electrons. The number of carbonyl (C=O) groups excluding carboxylic acids is 3. The summed E-state index contributed by atoms with van der Waals surface area (Å²) in [6, 6.07) is 10.4. The Morgan fingerprint density at radius 1 is 1.21 bits per heavy atom. The van der Waals surface area contributed by atoms with E-state index in [0.717, 1.165) is 0 Å². The molecule has 0 aliphatic carbocycles. The van der Waals surface area contributed by atoms with Gasteiger partial charge in [0.2, 0.25) is 17.7 Å². The SMILES string of the molecule is O=C(CCCNC(=O)C1CC(=O)N(Cc2ccco2)C1)Nc1ccc(Cl)cc1. The van der Waals surface area contributed by atoms with Crippen molar-refractivity contribution < 1.29 is 18.8 Å². The second-order valence-electron chi connectivity index (χ2n) is 6.70. The molecule has 0 saturated carbocycles. The maximum Gasteiger partial charge on any atom is 0.225 e. The second kappa shape index (κ2) is 9.41. The Morgan fingerprint density at radius 2 is 2.00 bits per heavy atom. The molecule has 1 aromatic carbocycles. The number of nitrogens with zero attached hydrogens (tertiary/aromatic N) is 1. The van der Waals surface area contributed by atoms with Crippen LogP contribution in [0.25, 0.3) is 0 Å². The molecule has 7 nitrogen and oxygen atoms in total. The number of amides is 3. The highest BCUT2D eigenvalue weighted by molar-refractivity contribution is 6.30. The van der Waals surface area contributed by atoms with E-state index in [1.54, 1.807) is 47.6 Å². The van der Waals surface area contributed by atoms with Crippen molar-refractivity contribution in [2.24, 2.45) is 5.92 Å². The first kappa shape index (κ1) is 19.9. The van der Waals surface area contributed by atoms with Crippen molar-refractivity contribution in [3.8, 4) is 0 Å². The summed E-state index contributed by atoms with van der Waals surface area (Å²) in [5.41, 5.74) is 0.680. The summed E-state index contributed by atoms with van der Waals surface area (Å²) in [4.78, 5) is 37.9. The Balaban J connectivity index is 1.34. The molecular formula is C20H22ClN3O4. The molecule has 1 fully saturated rings. The fourth-order valence-corrected chi connectivity index (χ4v) is 3.18. The molecule has 1 aliphatic heterocycles. The van der Waals surface area contributed by atoms with E-state index in [2.05, 4.69) is 10.6 Å². The number of hydrogen-bond acceptors (Lipinski definition) is 4. The Morgan fingerprint density at radius 3 is 2.71 bits per heavy atom. The maximum atomic E-state index is 12.3. The summed E-state index contributed by atoms with van der Waals surface area (Å²) in [7, 11) is 0. The minimum Gasteiger partial charge on any atom is -0.467 e. The summed E-state index contributed by atoms with van der Waals surface area (Å²) >= 11 is 5.81. The molecule has 0 spiro atoms. The lowest BCUT2D eigenvalue weighted by atomic mass is 10.1. The predicted octanol–water partition coefficient (Wildman–Crippen LogP) is 2.82. The van der Waals surface area contributed by atoms with Gasteiger partial charge in [-0.1, -0.05) is 11.6 Å². The molecule has 3 amide bonds. The standard InChI is InChI=1S/C20H22ClN3O4/c21-15-5-7-16(8-6-15)23-18(25)4-1-9-22-20(27)14-11-19(26)24(12-14)13-17-3-2-10-28-17/h2-3,5-8,10,14H,1,4,9,11-13H2,(H,22,27)(H,23,25). The molecule has 28 heavy (non-hydrogen) atoms. The molecule has 3 rings (SSSR count). The van der Waals surface area contributed by atoms with Gasteiger partial charge in [-0.2, -0.15) is 0 Å². The van der Waals surface area contributed by atoms with E-state index < -0.39 is 0 Å². The largest absolute Gasteiger partial charge is 0.467 e. The number of likely N-dealkylation sites (tertiary alicyclic amines) is 1. The van der Waals surface area contributed by atoms with E-state index in [4.69, 9.17) is 16.0 Å². The smallest absolute Gasteiger partial charge is 0.225 e. The van der Waals surface area contributed by atoms with Gasteiger partial charge in [-0.15, -0.1) is 0 Å². The molecule has 1 saturated heterocycles. The van der Waals surface area contributed by atoms with Gasteiger partial charge in [-0.3, -0.25) is 14.4 Å². The Bertz CT molecular complexity index is 820. The minimum absolute atomic E-state index is 0.0566. The van der Waals surface area contributed by atoms with Crippen LogP contribution in [0.3, 0.4) is 0 Å². The van der Waals surface area contributed by atoms with Crippen molar-refractivity contribution in [2.45, 2.75) is 25.8 Å². The number of anilines is 1. The molecule has 1 unspecified atom stereocenters. The Kier molecular flexibility index (Phi) is 6.71. The van der Waals surface area contributed by atoms with Crippen molar-refractivity contribution in [3.05, 3.63) is 53.4 Å². The molecular weight excluding hydrogens is 382 g/mol. The van der Waals surface area contributed by atoms with Gasteiger partial charge in [0.1, 0.15) is 5.76 Å². The van der Waals surface area contributed by atoms with E-state index in [0.29, 0.717) is 42.5 Å². The van der Waals surface area contributed by atoms with Crippen LogP contribution in [0.1, 0.15) is 25.0 Å². The van der Waals surface area contributed by atoms with Crippen LogP contribution in [-0.2, 0) is 20.9 Å². The number of halogens is 1. The number of hydrogen-bond donors (Lipinski definition) is 2. The van der Waals surface area contributed by atoms with Crippen LogP contribution in [0.2, 0.25) is 5.02 Å². The van der Waals surface area contributed by atoms with E-state index >= 15 is 0 Å². The van der Waals surface area contributed by atoms with Gasteiger partial charge in [0.15, 0.2) is 0 Å². The van der Waals surface area contributed by atoms with Gasteiger partial charge >= 0.3 is 0 Å². The molecule has 0 bridgehead atoms. The van der Waals surface area contributed by atoms with Crippen LogP contribution in [0.4, 0.5) is 5.69 Å². The van der Waals surface area contributed by atoms with E-state index in [1.807, 2.05) is 0 Å². The zero-order valence-electron chi connectivity index (χ0n) is 15.3. The third-order valence-corrected chi connectivity index (χ3v) is 4.77. The number of furan rings is 1. The van der Waals surface area contributed by atoms with Crippen LogP contribution in [0, 0.1) is 5.92 Å². The van der Waals surface area contributed by atoms with Gasteiger partial charge in [0.25, 0.3) is 0 Å². The van der Waals surface area contributed by atoms with Crippen molar-refractivity contribution in [3.63, 3.8) is 0 Å². The number of rotatable bonds is 8. The number of carbonyl (C=O) groups is 3. The lowest BCUT2D eigenvalue weighted by molar-refractivity contribution is -0.129. The molecule has 1 aromatic heterocycles. The fraction of sp³-hybridized carbons (Fsp3) is 0.350. The van der Waals surface area contributed by atoms with Gasteiger partial charge in [0.05, 0.1) is 18.7 Å². The average molecular weight is 404 g/mol. The van der Waals surface area contributed by atoms with Crippen molar-refractivity contribution in [1.82, 2.24) is 10.2 Å². The van der Waals surface area contributed by atoms with Crippen LogP contribution in [0.15, 0.2) is 47.1 Å². The van der Waals surface area contributed by atoms with E-state index in [1.165, 1.54) is 0 Å². The van der Waals surface area contributed by atoms with Gasteiger partial charge < -0.3 is 20.0 Å². The van der Waals surface area contributed by atoms with E-state index in [9.17, 15) is 14.4 Å². The minimum atomic E-state index is -0.370. The first-order valence-electron chi connectivity index (χ1n) is 9.14. The Labute approximate surface area is 168 Å². The second-order valence-corrected chi connectivity index (χ2v) is 7.14. The predicted molar refractivity (Wildman–Crippen MR) is 105 cm³/mol. The normalized spacial score (nSPS) is 16.2.